The molecule has 2 nitrogen and oxygen atoms in total. The molecule has 1 fully saturated rings. The molecule has 2 atom stereocenters. The van der Waals surface area contributed by atoms with Crippen molar-refractivity contribution < 1.29 is 5.11 Å². The number of β-amino-alcohol motifs (C(OH)–C–C–N with tert-alkyl or cyclic N) is 1. The first-order chi connectivity index (χ1) is 5.48. The van der Waals surface area contributed by atoms with E-state index in [1.54, 1.807) is 0 Å². The van der Waals surface area contributed by atoms with E-state index >= 15 is 0 Å². The van der Waals surface area contributed by atoms with Crippen molar-refractivity contribution in [3.63, 3.8) is 0 Å². The van der Waals surface area contributed by atoms with Gasteiger partial charge in [-0.1, -0.05) is 26.0 Å². The van der Waals surface area contributed by atoms with Crippen LogP contribution in [0.4, 0.5) is 0 Å². The van der Waals surface area contributed by atoms with Crippen molar-refractivity contribution >= 4 is 0 Å². The van der Waals surface area contributed by atoms with Crippen molar-refractivity contribution in [1.82, 2.24) is 5.32 Å². The molecule has 1 aliphatic heterocycles. The monoisotopic (exact) mass is 169 g/mol. The van der Waals surface area contributed by atoms with E-state index in [-0.39, 0.29) is 11.8 Å². The maximum Gasteiger partial charge on any atom is 0.0871 e. The van der Waals surface area contributed by atoms with Crippen molar-refractivity contribution in [3.8, 4) is 0 Å². The highest BCUT2D eigenvalue weighted by Gasteiger charge is 2.43. The van der Waals surface area contributed by atoms with Crippen molar-refractivity contribution in [2.75, 3.05) is 13.1 Å². The Bertz CT molecular complexity index is 188. The molecule has 0 radical (unpaired) electrons. The van der Waals surface area contributed by atoms with E-state index in [0.29, 0.717) is 6.54 Å². The van der Waals surface area contributed by atoms with Crippen LogP contribution in [0.2, 0.25) is 0 Å². The Hall–Kier alpha value is -0.340. The van der Waals surface area contributed by atoms with E-state index in [9.17, 15) is 5.11 Å². The second kappa shape index (κ2) is 3.19. The molecule has 0 aromatic heterocycles. The van der Waals surface area contributed by atoms with E-state index < -0.39 is 5.60 Å². The highest BCUT2D eigenvalue weighted by molar-refractivity contribution is 5.12. The molecule has 0 aromatic rings. The minimum absolute atomic E-state index is 0.220. The Morgan fingerprint density at radius 1 is 1.67 bits per heavy atom. The Morgan fingerprint density at radius 3 is 2.58 bits per heavy atom. The van der Waals surface area contributed by atoms with Gasteiger partial charge in [0.25, 0.3) is 0 Å². The van der Waals surface area contributed by atoms with Crippen molar-refractivity contribution in [2.24, 2.45) is 11.8 Å². The van der Waals surface area contributed by atoms with Gasteiger partial charge in [-0.2, -0.15) is 0 Å². The second-order valence-corrected chi connectivity index (χ2v) is 4.18. The van der Waals surface area contributed by atoms with E-state index in [1.165, 1.54) is 0 Å². The van der Waals surface area contributed by atoms with E-state index in [0.717, 1.165) is 12.1 Å². The third-order valence-corrected chi connectivity index (χ3v) is 2.95. The van der Waals surface area contributed by atoms with Gasteiger partial charge in [0.15, 0.2) is 0 Å². The number of hydrogen-bond acceptors (Lipinski definition) is 2. The molecule has 0 aliphatic carbocycles. The summed E-state index contributed by atoms with van der Waals surface area (Å²) >= 11 is 0. The summed E-state index contributed by atoms with van der Waals surface area (Å²) in [5, 5.41) is 13.5. The van der Waals surface area contributed by atoms with Crippen LogP contribution in [-0.4, -0.2) is 23.8 Å². The minimum Gasteiger partial charge on any atom is -0.388 e. The average molecular weight is 169 g/mol. The standard InChI is InChI=1S/C10H19NO/c1-7(2)9-5-11-6-10(9,12)8(3)4/h8-9,11-12H,1,5-6H2,2-4H3/t9-,10+/m1/s1. The van der Waals surface area contributed by atoms with Crippen LogP contribution in [0, 0.1) is 11.8 Å². The molecule has 0 unspecified atom stereocenters. The van der Waals surface area contributed by atoms with Crippen molar-refractivity contribution in [1.29, 1.82) is 0 Å². The van der Waals surface area contributed by atoms with Crippen LogP contribution in [0.25, 0.3) is 0 Å². The third-order valence-electron chi connectivity index (χ3n) is 2.95. The molecular formula is C10H19NO. The summed E-state index contributed by atoms with van der Waals surface area (Å²) in [6.45, 7) is 11.6. The Labute approximate surface area is 74.7 Å². The molecule has 0 aromatic carbocycles. The summed E-state index contributed by atoms with van der Waals surface area (Å²) in [5.41, 5.74) is 0.502. The minimum atomic E-state index is -0.578. The molecule has 1 aliphatic rings. The molecule has 70 valence electrons. The molecule has 2 N–H and O–H groups in total. The summed E-state index contributed by atoms with van der Waals surface area (Å²) in [4.78, 5) is 0. The molecular weight excluding hydrogens is 150 g/mol. The van der Waals surface area contributed by atoms with Gasteiger partial charge < -0.3 is 10.4 Å². The Balaban J connectivity index is 2.81. The van der Waals surface area contributed by atoms with Crippen LogP contribution in [0.1, 0.15) is 20.8 Å². The first-order valence-electron chi connectivity index (χ1n) is 4.57. The maximum absolute atomic E-state index is 10.3. The normalized spacial score (nSPS) is 35.9. The summed E-state index contributed by atoms with van der Waals surface area (Å²) in [5.74, 6) is 0.506. The molecule has 0 spiro atoms. The molecule has 1 rings (SSSR count). The van der Waals surface area contributed by atoms with Gasteiger partial charge in [0, 0.05) is 19.0 Å². The van der Waals surface area contributed by atoms with Gasteiger partial charge in [-0.25, -0.2) is 0 Å². The lowest BCUT2D eigenvalue weighted by Gasteiger charge is -2.33. The third kappa shape index (κ3) is 1.41. The highest BCUT2D eigenvalue weighted by atomic mass is 16.3. The van der Waals surface area contributed by atoms with Gasteiger partial charge in [0.05, 0.1) is 5.60 Å². The first kappa shape index (κ1) is 9.75. The van der Waals surface area contributed by atoms with Crippen LogP contribution in [-0.2, 0) is 0 Å². The fourth-order valence-corrected chi connectivity index (χ4v) is 1.92. The lowest BCUT2D eigenvalue weighted by molar-refractivity contribution is -0.0139. The van der Waals surface area contributed by atoms with E-state index in [1.807, 2.05) is 6.92 Å². The summed E-state index contributed by atoms with van der Waals surface area (Å²) in [6.07, 6.45) is 0. The molecule has 12 heavy (non-hydrogen) atoms. The number of rotatable bonds is 2. The fourth-order valence-electron chi connectivity index (χ4n) is 1.92. The Kier molecular flexibility index (Phi) is 2.59. The molecule has 1 heterocycles. The van der Waals surface area contributed by atoms with Crippen LogP contribution in [0.15, 0.2) is 12.2 Å². The van der Waals surface area contributed by atoms with Gasteiger partial charge in [0.2, 0.25) is 0 Å². The van der Waals surface area contributed by atoms with Crippen LogP contribution in [0.5, 0.6) is 0 Å². The summed E-state index contributed by atoms with van der Waals surface area (Å²) in [7, 11) is 0. The average Bonchev–Trinajstić information content (AvgIpc) is 2.32. The fraction of sp³-hybridized carbons (Fsp3) is 0.800. The van der Waals surface area contributed by atoms with E-state index in [2.05, 4.69) is 25.7 Å². The Morgan fingerprint density at radius 2 is 2.25 bits per heavy atom. The maximum atomic E-state index is 10.3. The zero-order valence-electron chi connectivity index (χ0n) is 8.22. The lowest BCUT2D eigenvalue weighted by Crippen LogP contribution is -2.43. The molecule has 0 saturated carbocycles. The number of aliphatic hydroxyl groups is 1. The van der Waals surface area contributed by atoms with Gasteiger partial charge in [-0.05, 0) is 12.8 Å². The zero-order chi connectivity index (χ0) is 9.35. The van der Waals surface area contributed by atoms with E-state index in [4.69, 9.17) is 0 Å². The van der Waals surface area contributed by atoms with Crippen LogP contribution >= 0.6 is 0 Å². The first-order valence-corrected chi connectivity index (χ1v) is 4.57. The predicted octanol–water partition coefficient (Wildman–Crippen LogP) is 1.17. The summed E-state index contributed by atoms with van der Waals surface area (Å²) < 4.78 is 0. The smallest absolute Gasteiger partial charge is 0.0871 e. The second-order valence-electron chi connectivity index (χ2n) is 4.18. The molecule has 0 amide bonds. The highest BCUT2D eigenvalue weighted by Crippen LogP contribution is 2.33. The molecule has 1 saturated heterocycles. The topological polar surface area (TPSA) is 32.3 Å². The van der Waals surface area contributed by atoms with Gasteiger partial charge in [-0.3, -0.25) is 0 Å². The van der Waals surface area contributed by atoms with Gasteiger partial charge in [-0.15, -0.1) is 0 Å². The number of hydrogen-bond donors (Lipinski definition) is 2. The van der Waals surface area contributed by atoms with Crippen LogP contribution < -0.4 is 5.32 Å². The number of nitrogens with one attached hydrogen (secondary N) is 1. The van der Waals surface area contributed by atoms with Gasteiger partial charge in [0.1, 0.15) is 0 Å². The molecule has 0 bridgehead atoms. The molecule has 2 heteroatoms. The van der Waals surface area contributed by atoms with Crippen molar-refractivity contribution in [3.05, 3.63) is 12.2 Å². The van der Waals surface area contributed by atoms with Crippen molar-refractivity contribution in [2.45, 2.75) is 26.4 Å². The quantitative estimate of drug-likeness (QED) is 0.608. The lowest BCUT2D eigenvalue weighted by atomic mass is 9.78. The van der Waals surface area contributed by atoms with Crippen LogP contribution in [0.3, 0.4) is 0 Å². The zero-order valence-corrected chi connectivity index (χ0v) is 8.22. The summed E-state index contributed by atoms with van der Waals surface area (Å²) in [6, 6.07) is 0. The predicted molar refractivity (Wildman–Crippen MR) is 51.0 cm³/mol. The SMILES string of the molecule is C=C(C)[C@H]1CNC[C@]1(O)C(C)C. The van der Waals surface area contributed by atoms with Gasteiger partial charge >= 0.3 is 0 Å². The largest absolute Gasteiger partial charge is 0.388 e.